The van der Waals surface area contributed by atoms with Crippen molar-refractivity contribution in [2.24, 2.45) is 11.8 Å². The van der Waals surface area contributed by atoms with E-state index in [1.54, 1.807) is 10.6 Å². The third-order valence-electron chi connectivity index (χ3n) is 6.86. The van der Waals surface area contributed by atoms with Crippen LogP contribution in [0.1, 0.15) is 63.0 Å². The van der Waals surface area contributed by atoms with Gasteiger partial charge in [-0.2, -0.15) is 14.7 Å². The third kappa shape index (κ3) is 9.21. The molecule has 0 radical (unpaired) electrons. The van der Waals surface area contributed by atoms with E-state index in [9.17, 15) is 14.5 Å². The molecule has 4 N–H and O–H groups in total. The predicted molar refractivity (Wildman–Crippen MR) is 164 cm³/mol. The fourth-order valence-corrected chi connectivity index (χ4v) is 5.25. The van der Waals surface area contributed by atoms with Gasteiger partial charge in [0, 0.05) is 18.2 Å². The Morgan fingerprint density at radius 2 is 1.41 bits per heavy atom. The van der Waals surface area contributed by atoms with E-state index in [4.69, 9.17) is 23.2 Å². The molecule has 0 aromatic carbocycles. The van der Waals surface area contributed by atoms with Gasteiger partial charge in [-0.25, -0.2) is 9.50 Å². The van der Waals surface area contributed by atoms with Crippen LogP contribution in [-0.2, 0) is 4.57 Å². The van der Waals surface area contributed by atoms with Gasteiger partial charge in [0.25, 0.3) is 5.56 Å². The summed E-state index contributed by atoms with van der Waals surface area (Å²) in [7, 11) is 0. The molecule has 0 unspecified atom stereocenters. The lowest BCUT2D eigenvalue weighted by atomic mass is 9.95. The summed E-state index contributed by atoms with van der Waals surface area (Å²) in [6.07, 6.45) is 4.49. The molecule has 41 heavy (non-hydrogen) atoms. The molecule has 6 rings (SSSR count). The molecule has 2 aliphatic rings. The number of hydrogen-bond donors (Lipinski definition) is 4. The van der Waals surface area contributed by atoms with Crippen LogP contribution in [0.2, 0.25) is 10.3 Å². The van der Waals surface area contributed by atoms with Crippen LogP contribution in [-0.4, -0.2) is 47.4 Å². The van der Waals surface area contributed by atoms with Crippen molar-refractivity contribution in [2.75, 3.05) is 13.1 Å². The number of rotatable bonds is 2. The lowest BCUT2D eigenvalue weighted by Gasteiger charge is -2.26. The van der Waals surface area contributed by atoms with Crippen molar-refractivity contribution in [3.8, 4) is 5.88 Å². The Morgan fingerprint density at radius 1 is 0.878 bits per heavy atom. The van der Waals surface area contributed by atoms with Crippen molar-refractivity contribution in [3.05, 3.63) is 56.3 Å². The second-order valence-electron chi connectivity index (χ2n) is 10.3. The van der Waals surface area contributed by atoms with Crippen LogP contribution in [0.15, 0.2) is 29.1 Å². The molecule has 11 nitrogen and oxygen atoms in total. The first kappa shape index (κ1) is 32.4. The average molecular weight is 687 g/mol. The first-order valence-electron chi connectivity index (χ1n) is 13.0. The average Bonchev–Trinajstić information content (AvgIpc) is 3.49. The van der Waals surface area contributed by atoms with Crippen molar-refractivity contribution in [3.63, 3.8) is 0 Å². The quantitative estimate of drug-likeness (QED) is 0.135. The Bertz CT molecular complexity index is 1580. The first-order chi connectivity index (χ1) is 19.3. The number of hydrogen-bond acceptors (Lipinski definition) is 8. The van der Waals surface area contributed by atoms with Crippen LogP contribution in [0.25, 0.3) is 11.3 Å². The van der Waals surface area contributed by atoms with Gasteiger partial charge in [0.2, 0.25) is 5.88 Å². The number of H-pyrrole nitrogens is 1. The minimum Gasteiger partial charge on any atom is -0.493 e. The van der Waals surface area contributed by atoms with Crippen LogP contribution in [0.5, 0.6) is 5.88 Å². The normalized spacial score (nSPS) is 23.0. The summed E-state index contributed by atoms with van der Waals surface area (Å²) in [4.78, 5) is 18.1. The van der Waals surface area contributed by atoms with Crippen LogP contribution in [0.3, 0.4) is 0 Å². The van der Waals surface area contributed by atoms with Crippen LogP contribution >= 0.6 is 62.1 Å². The molecular weight excluding hydrogens is 657 g/mol. The summed E-state index contributed by atoms with van der Waals surface area (Å²) in [5, 5.41) is 23.1. The van der Waals surface area contributed by atoms with E-state index in [1.807, 2.05) is 12.1 Å². The van der Waals surface area contributed by atoms with Gasteiger partial charge in [-0.15, -0.1) is 0 Å². The summed E-state index contributed by atoms with van der Waals surface area (Å²) < 4.78 is 12.5. The van der Waals surface area contributed by atoms with E-state index >= 15 is 0 Å². The molecule has 0 spiro atoms. The molecule has 17 heteroatoms. The predicted octanol–water partition coefficient (Wildman–Crippen LogP) is 6.70. The Kier molecular flexibility index (Phi) is 10.9. The molecular formula is C24H30Cl5N8O3P. The van der Waals surface area contributed by atoms with Gasteiger partial charge in [-0.1, -0.05) is 37.0 Å². The van der Waals surface area contributed by atoms with Crippen molar-refractivity contribution in [2.45, 2.75) is 51.6 Å². The second-order valence-corrected chi connectivity index (χ2v) is 17.7. The fourth-order valence-electron chi connectivity index (χ4n) is 4.77. The highest BCUT2D eigenvalue weighted by atomic mass is 36.0. The first-order valence-corrected chi connectivity index (χ1v) is 18.1. The number of nitrogens with one attached hydrogen (secondary N) is 3. The van der Waals surface area contributed by atoms with E-state index in [-0.39, 0.29) is 23.5 Å². The lowest BCUT2D eigenvalue weighted by molar-refractivity contribution is 0.327. The standard InChI is InChI=1S/C12H14Cl2N4.C12H16N4O2.Cl3OP/c1-7-2-3-8(15-6-7)9-4-12-16-10(13)5-11(14)18(12)17-9;1-7-2-3-8(13-6-7)9-4-10-14-11(17)5-12(18)16(10)15-9;1-5(2,3)4/h4-5,7-8,15H,2-3,6H2,1H3;4-5,7-8,13,18H,2-3,6H2,1H3,(H,14,17);/t2*7-,8-;/m00./s1. The maximum Gasteiger partial charge on any atom is 0.339 e. The molecule has 2 fully saturated rings. The number of aromatic amines is 1. The van der Waals surface area contributed by atoms with E-state index in [0.29, 0.717) is 27.5 Å². The largest absolute Gasteiger partial charge is 0.493 e. The third-order valence-corrected chi connectivity index (χ3v) is 7.33. The molecule has 4 aromatic heterocycles. The molecule has 0 saturated carbocycles. The van der Waals surface area contributed by atoms with Gasteiger partial charge in [0.05, 0.1) is 29.5 Å². The fraction of sp³-hybridized carbons (Fsp3) is 0.500. The Balaban J connectivity index is 0.000000163. The monoisotopic (exact) mass is 684 g/mol. The summed E-state index contributed by atoms with van der Waals surface area (Å²) in [5.74, 6) is 1.28. The van der Waals surface area contributed by atoms with Crippen molar-refractivity contribution >= 4 is 73.4 Å². The summed E-state index contributed by atoms with van der Waals surface area (Å²) in [6, 6.07) is 6.98. The van der Waals surface area contributed by atoms with Gasteiger partial charge in [-0.3, -0.25) is 9.36 Å². The van der Waals surface area contributed by atoms with Crippen LogP contribution < -0.4 is 16.2 Å². The SMILES string of the molecule is C[C@H]1CC[C@@H](c2cc3[nH]c(=O)cc(O)n3n2)NC1.C[C@H]1CC[C@@H](c2cc3nc(Cl)cc(Cl)n3n2)NC1.O=P(Cl)(Cl)Cl. The lowest BCUT2D eigenvalue weighted by Crippen LogP contribution is -2.32. The zero-order chi connectivity index (χ0) is 29.9. The molecule has 0 bridgehead atoms. The maximum atomic E-state index is 11.3. The van der Waals surface area contributed by atoms with E-state index in [2.05, 4.69) is 78.4 Å². The highest BCUT2D eigenvalue weighted by Crippen LogP contribution is 2.61. The van der Waals surface area contributed by atoms with Gasteiger partial charge < -0.3 is 20.7 Å². The molecule has 6 heterocycles. The number of aromatic hydroxyl groups is 1. The Labute approximate surface area is 260 Å². The van der Waals surface area contributed by atoms with Crippen LogP contribution in [0, 0.1) is 11.8 Å². The molecule has 0 amide bonds. The van der Waals surface area contributed by atoms with Crippen molar-refractivity contribution < 1.29 is 9.67 Å². The number of piperidine rings is 2. The minimum atomic E-state index is -3.22. The summed E-state index contributed by atoms with van der Waals surface area (Å²) >= 11 is 25.8. The van der Waals surface area contributed by atoms with Crippen molar-refractivity contribution in [1.29, 1.82) is 0 Å². The molecule has 2 aliphatic heterocycles. The van der Waals surface area contributed by atoms with Gasteiger partial charge >= 0.3 is 5.20 Å². The number of aromatic nitrogens is 6. The maximum absolute atomic E-state index is 11.3. The molecule has 224 valence electrons. The Morgan fingerprint density at radius 3 is 1.95 bits per heavy atom. The molecule has 2 saturated heterocycles. The highest BCUT2D eigenvalue weighted by molar-refractivity contribution is 8.24. The van der Waals surface area contributed by atoms with Gasteiger partial charge in [0.1, 0.15) is 16.0 Å². The van der Waals surface area contributed by atoms with Gasteiger partial charge in [-0.05, 0) is 84.3 Å². The Hall–Kier alpha value is -1.56. The highest BCUT2D eigenvalue weighted by Gasteiger charge is 2.23. The molecule has 4 atom stereocenters. The smallest absolute Gasteiger partial charge is 0.339 e. The van der Waals surface area contributed by atoms with Gasteiger partial charge in [0.15, 0.2) is 5.65 Å². The van der Waals surface area contributed by atoms with Crippen LogP contribution in [0.4, 0.5) is 0 Å². The van der Waals surface area contributed by atoms with E-state index < -0.39 is 5.20 Å². The number of fused-ring (bicyclic) bond motifs is 2. The number of nitrogens with zero attached hydrogens (tertiary/aromatic N) is 5. The zero-order valence-corrected chi connectivity index (χ0v) is 26.9. The summed E-state index contributed by atoms with van der Waals surface area (Å²) in [6.45, 7) is 6.47. The minimum absolute atomic E-state index is 0.135. The van der Waals surface area contributed by atoms with E-state index in [1.165, 1.54) is 10.9 Å². The van der Waals surface area contributed by atoms with Crippen molar-refractivity contribution in [1.82, 2.24) is 39.8 Å². The number of halogens is 5. The topological polar surface area (TPSA) is 142 Å². The van der Waals surface area contributed by atoms with E-state index in [0.717, 1.165) is 55.7 Å². The summed E-state index contributed by atoms with van der Waals surface area (Å²) in [5.41, 5.74) is 2.74. The molecule has 0 aliphatic carbocycles. The second kappa shape index (κ2) is 13.8. The molecule has 4 aromatic rings. The zero-order valence-electron chi connectivity index (χ0n) is 22.2.